The Hall–Kier alpha value is -2.90. The highest BCUT2D eigenvalue weighted by molar-refractivity contribution is 6.05. The van der Waals surface area contributed by atoms with E-state index < -0.39 is 5.91 Å². The first-order valence-corrected chi connectivity index (χ1v) is 7.44. The number of hydrogen-bond donors (Lipinski definition) is 3. The summed E-state index contributed by atoms with van der Waals surface area (Å²) in [6.07, 6.45) is 3.98. The van der Waals surface area contributed by atoms with Gasteiger partial charge in [0, 0.05) is 30.9 Å². The van der Waals surface area contributed by atoms with E-state index in [2.05, 4.69) is 32.5 Å². The predicted octanol–water partition coefficient (Wildman–Crippen LogP) is 1.36. The number of amides is 1. The standard InChI is InChI=1S/C15H16N6O2/c1-7-3-8(7)11-4-12(20-19-11)18-15(23)10-5-16-14-9(13(10)22)6-17-21(14)2/h4-8H,3H2,1-2H3,(H,16,22)(H2,18,19,20,23)/t7-,8-/m1/s1. The monoisotopic (exact) mass is 312 g/mol. The molecule has 0 unspecified atom stereocenters. The minimum Gasteiger partial charge on any atom is -0.345 e. The van der Waals surface area contributed by atoms with Gasteiger partial charge in [-0.25, -0.2) is 0 Å². The lowest BCUT2D eigenvalue weighted by Crippen LogP contribution is -2.22. The largest absolute Gasteiger partial charge is 0.345 e. The van der Waals surface area contributed by atoms with Crippen LogP contribution >= 0.6 is 0 Å². The van der Waals surface area contributed by atoms with E-state index in [1.54, 1.807) is 11.7 Å². The molecule has 0 aliphatic heterocycles. The van der Waals surface area contributed by atoms with Crippen LogP contribution < -0.4 is 10.7 Å². The van der Waals surface area contributed by atoms with Gasteiger partial charge in [-0.2, -0.15) is 10.2 Å². The number of aryl methyl sites for hydroxylation is 1. The summed E-state index contributed by atoms with van der Waals surface area (Å²) in [5.41, 5.74) is 1.28. The Bertz CT molecular complexity index is 966. The van der Waals surface area contributed by atoms with Crippen molar-refractivity contribution in [1.82, 2.24) is 25.0 Å². The third-order valence-electron chi connectivity index (χ3n) is 4.37. The van der Waals surface area contributed by atoms with Gasteiger partial charge in [-0.05, 0) is 12.3 Å². The smallest absolute Gasteiger partial charge is 0.262 e. The lowest BCUT2D eigenvalue weighted by atomic mass is 10.2. The molecule has 8 nitrogen and oxygen atoms in total. The second-order valence-electron chi connectivity index (χ2n) is 6.04. The summed E-state index contributed by atoms with van der Waals surface area (Å²) in [6, 6.07) is 1.82. The maximum absolute atomic E-state index is 12.4. The fourth-order valence-electron chi connectivity index (χ4n) is 2.82. The second-order valence-corrected chi connectivity index (χ2v) is 6.04. The summed E-state index contributed by atoms with van der Waals surface area (Å²) in [7, 11) is 1.72. The quantitative estimate of drug-likeness (QED) is 0.678. The number of pyridine rings is 1. The molecule has 0 radical (unpaired) electrons. The van der Waals surface area contributed by atoms with Crippen molar-refractivity contribution in [2.45, 2.75) is 19.3 Å². The Morgan fingerprint density at radius 2 is 2.26 bits per heavy atom. The highest BCUT2D eigenvalue weighted by atomic mass is 16.2. The molecule has 3 aromatic rings. The Morgan fingerprint density at radius 1 is 1.48 bits per heavy atom. The van der Waals surface area contributed by atoms with Crippen molar-refractivity contribution in [3.8, 4) is 0 Å². The summed E-state index contributed by atoms with van der Waals surface area (Å²) < 4.78 is 1.55. The molecule has 1 aliphatic rings. The van der Waals surface area contributed by atoms with E-state index in [4.69, 9.17) is 0 Å². The number of carbonyl (C=O) groups is 1. The van der Waals surface area contributed by atoms with Crippen LogP contribution in [0, 0.1) is 5.92 Å². The molecule has 3 N–H and O–H groups in total. The Labute approximate surface area is 130 Å². The number of fused-ring (bicyclic) bond motifs is 1. The lowest BCUT2D eigenvalue weighted by Gasteiger charge is -2.02. The van der Waals surface area contributed by atoms with Gasteiger partial charge >= 0.3 is 0 Å². The van der Waals surface area contributed by atoms with Gasteiger partial charge in [0.05, 0.1) is 11.6 Å². The van der Waals surface area contributed by atoms with Crippen LogP contribution in [0.2, 0.25) is 0 Å². The molecule has 0 aromatic carbocycles. The number of nitrogens with zero attached hydrogens (tertiary/aromatic N) is 3. The molecular formula is C15H16N6O2. The van der Waals surface area contributed by atoms with E-state index in [1.807, 2.05) is 6.07 Å². The number of anilines is 1. The number of H-pyrrole nitrogens is 2. The third kappa shape index (κ3) is 2.23. The fourth-order valence-corrected chi connectivity index (χ4v) is 2.82. The SMILES string of the molecule is C[C@@H]1C[C@H]1c1cc(NC(=O)c2c[nH]c3c(cnn3C)c2=O)n[nH]1. The first-order chi connectivity index (χ1) is 11.0. The molecule has 0 bridgehead atoms. The van der Waals surface area contributed by atoms with Crippen molar-refractivity contribution in [2.24, 2.45) is 13.0 Å². The van der Waals surface area contributed by atoms with Crippen LogP contribution in [0.25, 0.3) is 11.0 Å². The number of aromatic nitrogens is 5. The molecule has 2 atom stereocenters. The molecule has 8 heteroatoms. The van der Waals surface area contributed by atoms with Gasteiger partial charge in [-0.1, -0.05) is 6.92 Å². The van der Waals surface area contributed by atoms with Crippen LogP contribution in [0.3, 0.4) is 0 Å². The number of carbonyl (C=O) groups excluding carboxylic acids is 1. The Kier molecular flexibility index (Phi) is 2.87. The minimum atomic E-state index is -0.487. The van der Waals surface area contributed by atoms with E-state index in [0.717, 1.165) is 12.1 Å². The predicted molar refractivity (Wildman–Crippen MR) is 84.4 cm³/mol. The van der Waals surface area contributed by atoms with Crippen LogP contribution in [-0.2, 0) is 7.05 Å². The molecule has 23 heavy (non-hydrogen) atoms. The van der Waals surface area contributed by atoms with E-state index in [1.165, 1.54) is 12.4 Å². The van der Waals surface area contributed by atoms with Crippen LogP contribution in [0.15, 0.2) is 23.3 Å². The van der Waals surface area contributed by atoms with E-state index in [-0.39, 0.29) is 11.0 Å². The first-order valence-electron chi connectivity index (χ1n) is 7.44. The zero-order valence-corrected chi connectivity index (χ0v) is 12.8. The number of aromatic amines is 2. The molecule has 1 aliphatic carbocycles. The van der Waals surface area contributed by atoms with Gasteiger partial charge in [-0.3, -0.25) is 19.4 Å². The second kappa shape index (κ2) is 4.80. The van der Waals surface area contributed by atoms with Crippen LogP contribution in [-0.4, -0.2) is 30.9 Å². The number of rotatable bonds is 3. The first kappa shape index (κ1) is 13.7. The van der Waals surface area contributed by atoms with Crippen molar-refractivity contribution >= 4 is 22.8 Å². The molecule has 3 aromatic heterocycles. The minimum absolute atomic E-state index is 0.0369. The molecular weight excluding hydrogens is 296 g/mol. The van der Waals surface area contributed by atoms with Gasteiger partial charge in [0.15, 0.2) is 5.82 Å². The van der Waals surface area contributed by atoms with Gasteiger partial charge in [0.2, 0.25) is 5.43 Å². The summed E-state index contributed by atoms with van der Waals surface area (Å²) in [5.74, 6) is 1.08. The van der Waals surface area contributed by atoms with E-state index in [0.29, 0.717) is 28.7 Å². The molecule has 0 spiro atoms. The van der Waals surface area contributed by atoms with Crippen molar-refractivity contribution in [3.63, 3.8) is 0 Å². The van der Waals surface area contributed by atoms with Crippen molar-refractivity contribution in [2.75, 3.05) is 5.32 Å². The topological polar surface area (TPSA) is 108 Å². The Morgan fingerprint density at radius 3 is 3.00 bits per heavy atom. The number of hydrogen-bond acceptors (Lipinski definition) is 4. The maximum Gasteiger partial charge on any atom is 0.262 e. The van der Waals surface area contributed by atoms with E-state index >= 15 is 0 Å². The van der Waals surface area contributed by atoms with Gasteiger partial charge < -0.3 is 10.3 Å². The summed E-state index contributed by atoms with van der Waals surface area (Å²) >= 11 is 0. The normalized spacial score (nSPS) is 19.9. The third-order valence-corrected chi connectivity index (χ3v) is 4.37. The molecule has 1 fully saturated rings. The van der Waals surface area contributed by atoms with Crippen molar-refractivity contribution in [3.05, 3.63) is 39.9 Å². The number of nitrogens with one attached hydrogen (secondary N) is 3. The molecule has 0 saturated heterocycles. The van der Waals surface area contributed by atoms with Gasteiger partial charge in [0.1, 0.15) is 11.2 Å². The fraction of sp³-hybridized carbons (Fsp3) is 0.333. The van der Waals surface area contributed by atoms with Crippen molar-refractivity contribution in [1.29, 1.82) is 0 Å². The molecule has 1 saturated carbocycles. The average molecular weight is 312 g/mol. The van der Waals surface area contributed by atoms with Crippen LogP contribution in [0.4, 0.5) is 5.82 Å². The highest BCUT2D eigenvalue weighted by Crippen LogP contribution is 2.46. The maximum atomic E-state index is 12.4. The van der Waals surface area contributed by atoms with E-state index in [9.17, 15) is 9.59 Å². The average Bonchev–Trinajstić information content (AvgIpc) is 2.93. The summed E-state index contributed by atoms with van der Waals surface area (Å²) in [6.45, 7) is 2.17. The van der Waals surface area contributed by atoms with Crippen LogP contribution in [0.5, 0.6) is 0 Å². The molecule has 3 heterocycles. The Balaban J connectivity index is 1.60. The lowest BCUT2D eigenvalue weighted by molar-refractivity contribution is 0.102. The van der Waals surface area contributed by atoms with Gasteiger partial charge in [-0.15, -0.1) is 0 Å². The molecule has 118 valence electrons. The highest BCUT2D eigenvalue weighted by Gasteiger charge is 2.35. The van der Waals surface area contributed by atoms with Gasteiger partial charge in [0.25, 0.3) is 5.91 Å². The molecule has 4 rings (SSSR count). The van der Waals surface area contributed by atoms with Crippen molar-refractivity contribution < 1.29 is 4.79 Å². The van der Waals surface area contributed by atoms with Crippen LogP contribution in [0.1, 0.15) is 35.3 Å². The summed E-state index contributed by atoms with van der Waals surface area (Å²) in [5, 5.41) is 14.1. The zero-order valence-electron chi connectivity index (χ0n) is 12.8. The molecule has 1 amide bonds. The zero-order chi connectivity index (χ0) is 16.1. The summed E-state index contributed by atoms with van der Waals surface area (Å²) in [4.78, 5) is 27.6.